The van der Waals surface area contributed by atoms with Gasteiger partial charge in [0.25, 0.3) is 0 Å². The first-order valence-corrected chi connectivity index (χ1v) is 5.25. The molecule has 4 heteroatoms. The van der Waals surface area contributed by atoms with Crippen molar-refractivity contribution >= 4 is 5.78 Å². The summed E-state index contributed by atoms with van der Waals surface area (Å²) < 4.78 is 37.1. The second-order valence-corrected chi connectivity index (χ2v) is 3.77. The van der Waals surface area contributed by atoms with Crippen molar-refractivity contribution in [2.75, 3.05) is 0 Å². The van der Waals surface area contributed by atoms with Crippen LogP contribution >= 0.6 is 0 Å². The summed E-state index contributed by atoms with van der Waals surface area (Å²) in [5.41, 5.74) is -0.0569. The summed E-state index contributed by atoms with van der Waals surface area (Å²) in [6.07, 6.45) is -4.38. The minimum atomic E-state index is -4.38. The van der Waals surface area contributed by atoms with Crippen LogP contribution in [0.5, 0.6) is 0 Å². The molecule has 0 aromatic heterocycles. The van der Waals surface area contributed by atoms with Gasteiger partial charge >= 0.3 is 6.18 Å². The average Bonchev–Trinajstić information content (AvgIpc) is 2.38. The lowest BCUT2D eigenvalue weighted by molar-refractivity contribution is -0.137. The van der Waals surface area contributed by atoms with Gasteiger partial charge in [-0.2, -0.15) is 13.2 Å². The monoisotopic (exact) mass is 249 g/mol. The molecule has 0 aliphatic heterocycles. The normalized spacial score (nSPS) is 11.3. The van der Waals surface area contributed by atoms with Crippen molar-refractivity contribution in [1.29, 1.82) is 0 Å². The molecule has 0 bridgehead atoms. The maximum absolute atomic E-state index is 12.4. The summed E-state index contributed by atoms with van der Waals surface area (Å²) in [7, 11) is 0. The second-order valence-electron chi connectivity index (χ2n) is 3.77. The Balaban J connectivity index is 2.28. The first-order valence-electron chi connectivity index (χ1n) is 5.25. The Bertz CT molecular complexity index is 542. The topological polar surface area (TPSA) is 17.1 Å². The minimum Gasteiger partial charge on any atom is -0.289 e. The van der Waals surface area contributed by atoms with Crippen LogP contribution < -0.4 is 0 Å². The van der Waals surface area contributed by atoms with E-state index in [1.165, 1.54) is 12.1 Å². The van der Waals surface area contributed by atoms with E-state index in [1.54, 1.807) is 30.3 Å². The molecule has 0 aliphatic rings. The molecule has 0 heterocycles. The lowest BCUT2D eigenvalue weighted by atomic mass is 9.70. The van der Waals surface area contributed by atoms with Crippen LogP contribution in [0.3, 0.4) is 0 Å². The van der Waals surface area contributed by atoms with E-state index in [9.17, 15) is 18.0 Å². The number of alkyl halides is 3. The summed E-state index contributed by atoms with van der Waals surface area (Å²) in [6.45, 7) is 0. The summed E-state index contributed by atoms with van der Waals surface area (Å²) in [5, 5.41) is 0. The van der Waals surface area contributed by atoms with Gasteiger partial charge in [0.15, 0.2) is 5.78 Å². The number of ketones is 1. The van der Waals surface area contributed by atoms with Crippen molar-refractivity contribution in [2.24, 2.45) is 0 Å². The Morgan fingerprint density at radius 1 is 0.778 bits per heavy atom. The highest BCUT2D eigenvalue weighted by Crippen LogP contribution is 2.29. The predicted molar refractivity (Wildman–Crippen MR) is 61.3 cm³/mol. The summed E-state index contributed by atoms with van der Waals surface area (Å²) in [5.74, 6) is -0.288. The van der Waals surface area contributed by atoms with E-state index in [4.69, 9.17) is 0 Å². The Morgan fingerprint density at radius 2 is 1.28 bits per heavy atom. The molecule has 1 nitrogen and oxygen atoms in total. The maximum atomic E-state index is 12.4. The van der Waals surface area contributed by atoms with Gasteiger partial charge in [-0.05, 0) is 12.1 Å². The summed E-state index contributed by atoms with van der Waals surface area (Å²) in [4.78, 5) is 11.9. The van der Waals surface area contributed by atoms with Gasteiger partial charge in [-0.25, -0.2) is 0 Å². The standard InChI is InChI=1S/C14H9F3O/c15-14(16,17)12-8-6-11(7-9-12)13(18)10-4-2-1-3-5-10/h1-9H/i13-1. The van der Waals surface area contributed by atoms with Crippen LogP contribution in [-0.4, -0.2) is 5.78 Å². The molecule has 0 saturated heterocycles. The molecule has 0 atom stereocenters. The molecule has 0 aliphatic carbocycles. The van der Waals surface area contributed by atoms with Gasteiger partial charge in [-0.1, -0.05) is 42.5 Å². The van der Waals surface area contributed by atoms with Crippen molar-refractivity contribution < 1.29 is 18.0 Å². The van der Waals surface area contributed by atoms with Gasteiger partial charge in [-0.3, -0.25) is 4.79 Å². The largest absolute Gasteiger partial charge is 0.416 e. The number of carbonyl (C=O) groups is 1. The first kappa shape index (κ1) is 12.4. The third-order valence-corrected chi connectivity index (χ3v) is 2.51. The molecule has 0 N–H and O–H groups in total. The Hall–Kier alpha value is -2.10. The minimum absolute atomic E-state index is 0.245. The van der Waals surface area contributed by atoms with E-state index in [0.29, 0.717) is 5.56 Å². The molecule has 18 heavy (non-hydrogen) atoms. The van der Waals surface area contributed by atoms with Crippen LogP contribution in [0.25, 0.3) is 0 Å². The van der Waals surface area contributed by atoms with Crippen LogP contribution in [0.4, 0.5) is 13.2 Å². The van der Waals surface area contributed by atoms with E-state index in [2.05, 4.69) is 0 Å². The van der Waals surface area contributed by atoms with Crippen molar-refractivity contribution in [3.63, 3.8) is 0 Å². The fourth-order valence-corrected chi connectivity index (χ4v) is 1.57. The smallest absolute Gasteiger partial charge is 0.289 e. The van der Waals surface area contributed by atoms with Crippen LogP contribution in [-0.2, 0) is 6.18 Å². The third-order valence-electron chi connectivity index (χ3n) is 2.51. The fourth-order valence-electron chi connectivity index (χ4n) is 1.57. The molecule has 0 spiro atoms. The van der Waals surface area contributed by atoms with Crippen LogP contribution in [0.1, 0.15) is 21.5 Å². The highest BCUT2D eigenvalue weighted by Gasteiger charge is 2.30. The second kappa shape index (κ2) is 4.64. The van der Waals surface area contributed by atoms with Gasteiger partial charge in [0.2, 0.25) is 0 Å². The molecule has 0 amide bonds. The van der Waals surface area contributed by atoms with E-state index in [1.807, 2.05) is 0 Å². The molecular weight excluding hydrogens is 240 g/mol. The molecule has 2 rings (SSSR count). The molecule has 0 radical (unpaired) electrons. The van der Waals surface area contributed by atoms with E-state index in [0.717, 1.165) is 12.1 Å². The molecule has 0 fully saturated rings. The Kier molecular flexibility index (Phi) is 3.19. The quantitative estimate of drug-likeness (QED) is 0.737. The SMILES string of the molecule is O=[11C](c1ccccc1)c1ccc(C(F)(F)F)cc1. The van der Waals surface area contributed by atoms with Crippen LogP contribution in [0.2, 0.25) is 0 Å². The zero-order chi connectivity index (χ0) is 13.2. The van der Waals surface area contributed by atoms with E-state index in [-0.39, 0.29) is 11.3 Å². The van der Waals surface area contributed by atoms with Crippen molar-refractivity contribution in [3.8, 4) is 0 Å². The Labute approximate surface area is 102 Å². The van der Waals surface area contributed by atoms with Gasteiger partial charge < -0.3 is 0 Å². The summed E-state index contributed by atoms with van der Waals surface area (Å²) in [6, 6.07) is 12.6. The molecule has 0 unspecified atom stereocenters. The van der Waals surface area contributed by atoms with Gasteiger partial charge in [0.05, 0.1) is 5.56 Å². The van der Waals surface area contributed by atoms with Crippen LogP contribution in [0, 0.1) is 0 Å². The van der Waals surface area contributed by atoms with Gasteiger partial charge in [0.1, 0.15) is 0 Å². The molecule has 0 saturated carbocycles. The number of rotatable bonds is 2. The average molecular weight is 249 g/mol. The van der Waals surface area contributed by atoms with E-state index < -0.39 is 11.7 Å². The lowest BCUT2D eigenvalue weighted by Crippen LogP contribution is -2.06. The summed E-state index contributed by atoms with van der Waals surface area (Å²) >= 11 is 0. The lowest BCUT2D eigenvalue weighted by Gasteiger charge is -2.07. The highest BCUT2D eigenvalue weighted by atomic mass is 19.4. The number of halogens is 3. The zero-order valence-electron chi connectivity index (χ0n) is 9.24. The van der Waals surface area contributed by atoms with E-state index >= 15 is 0 Å². The predicted octanol–water partition coefficient (Wildman–Crippen LogP) is 3.94. The first-order chi connectivity index (χ1) is 8.48. The van der Waals surface area contributed by atoms with Gasteiger partial charge in [-0.15, -0.1) is 0 Å². The van der Waals surface area contributed by atoms with Gasteiger partial charge in [0, 0.05) is 11.1 Å². The maximum Gasteiger partial charge on any atom is 0.416 e. The van der Waals surface area contributed by atoms with Crippen molar-refractivity contribution in [1.82, 2.24) is 0 Å². The van der Waals surface area contributed by atoms with Crippen LogP contribution in [0.15, 0.2) is 54.6 Å². The number of benzene rings is 2. The number of carbonyl (C=O) groups excluding carboxylic acids is 1. The highest BCUT2D eigenvalue weighted by molar-refractivity contribution is 6.08. The Morgan fingerprint density at radius 3 is 1.78 bits per heavy atom. The fraction of sp³-hybridized carbons (Fsp3) is 0.0714. The molecular formula is C14H9F3O. The molecule has 2 aromatic carbocycles. The molecule has 2 aromatic rings. The zero-order valence-corrected chi connectivity index (χ0v) is 9.24. The third kappa shape index (κ3) is 2.59. The number of hydrogen-bond acceptors (Lipinski definition) is 1. The van der Waals surface area contributed by atoms with Crippen molar-refractivity contribution in [3.05, 3.63) is 71.3 Å². The number of hydrogen-bond donors (Lipinski definition) is 0. The molecule has 92 valence electrons. The van der Waals surface area contributed by atoms with Crippen molar-refractivity contribution in [2.45, 2.75) is 6.18 Å².